The molecule has 3 N–H and O–H groups in total. The minimum atomic E-state index is -0.251. The molecule has 90 valence electrons. The molecule has 2 saturated carbocycles. The van der Waals surface area contributed by atoms with E-state index in [9.17, 15) is 4.79 Å². The van der Waals surface area contributed by atoms with Crippen LogP contribution in [-0.4, -0.2) is 13.0 Å². The van der Waals surface area contributed by atoms with Gasteiger partial charge in [-0.1, -0.05) is 24.3 Å². The van der Waals surface area contributed by atoms with Gasteiger partial charge in [0.15, 0.2) is 0 Å². The van der Waals surface area contributed by atoms with Gasteiger partial charge in [-0.3, -0.25) is 4.79 Å². The SMILES string of the molecule is CNC(=O)C1(c2ccc(C3(N)CC3)cc2)CC1. The normalized spacial score (nSPS) is 22.9. The fourth-order valence-corrected chi connectivity index (χ4v) is 2.56. The first kappa shape index (κ1) is 10.8. The Morgan fingerprint density at radius 3 is 2.06 bits per heavy atom. The van der Waals surface area contributed by atoms with Crippen molar-refractivity contribution >= 4 is 5.91 Å². The van der Waals surface area contributed by atoms with Gasteiger partial charge in [0.2, 0.25) is 5.91 Å². The number of nitrogens with two attached hydrogens (primary N) is 1. The molecule has 0 aliphatic heterocycles. The first-order valence-corrected chi connectivity index (χ1v) is 6.23. The maximum atomic E-state index is 11.9. The van der Waals surface area contributed by atoms with Crippen LogP contribution in [0.5, 0.6) is 0 Å². The van der Waals surface area contributed by atoms with Crippen molar-refractivity contribution in [3.8, 4) is 0 Å². The number of hydrogen-bond acceptors (Lipinski definition) is 2. The summed E-state index contributed by atoms with van der Waals surface area (Å²) in [5, 5.41) is 2.76. The molecular weight excluding hydrogens is 212 g/mol. The molecule has 0 spiro atoms. The van der Waals surface area contributed by atoms with Gasteiger partial charge in [-0.15, -0.1) is 0 Å². The highest BCUT2D eigenvalue weighted by atomic mass is 16.2. The van der Waals surface area contributed by atoms with Crippen LogP contribution in [0, 0.1) is 0 Å². The van der Waals surface area contributed by atoms with Crippen LogP contribution >= 0.6 is 0 Å². The second-order valence-electron chi connectivity index (χ2n) is 5.39. The number of likely N-dealkylation sites (N-methyl/N-ethyl adjacent to an activating group) is 1. The molecule has 1 amide bonds. The van der Waals surface area contributed by atoms with Crippen molar-refractivity contribution in [3.05, 3.63) is 35.4 Å². The van der Waals surface area contributed by atoms with E-state index in [2.05, 4.69) is 29.6 Å². The summed E-state index contributed by atoms with van der Waals surface area (Å²) in [5.41, 5.74) is 8.15. The van der Waals surface area contributed by atoms with Gasteiger partial charge in [-0.2, -0.15) is 0 Å². The smallest absolute Gasteiger partial charge is 0.230 e. The summed E-state index contributed by atoms with van der Waals surface area (Å²) >= 11 is 0. The Bertz CT molecular complexity index is 456. The minimum Gasteiger partial charge on any atom is -0.358 e. The van der Waals surface area contributed by atoms with Gasteiger partial charge in [-0.25, -0.2) is 0 Å². The van der Waals surface area contributed by atoms with Gasteiger partial charge in [0.1, 0.15) is 0 Å². The maximum absolute atomic E-state index is 11.9. The predicted octanol–water partition coefficient (Wildman–Crippen LogP) is 1.41. The third-order valence-electron chi connectivity index (χ3n) is 4.21. The monoisotopic (exact) mass is 230 g/mol. The molecular formula is C14H18N2O. The van der Waals surface area contributed by atoms with Gasteiger partial charge in [0.25, 0.3) is 0 Å². The number of carbonyl (C=O) groups excluding carboxylic acids is 1. The lowest BCUT2D eigenvalue weighted by Crippen LogP contribution is -2.31. The van der Waals surface area contributed by atoms with Gasteiger partial charge < -0.3 is 11.1 Å². The predicted molar refractivity (Wildman–Crippen MR) is 66.5 cm³/mol. The van der Waals surface area contributed by atoms with E-state index in [1.165, 1.54) is 5.56 Å². The molecule has 17 heavy (non-hydrogen) atoms. The van der Waals surface area contributed by atoms with Crippen molar-refractivity contribution in [3.63, 3.8) is 0 Å². The van der Waals surface area contributed by atoms with Crippen molar-refractivity contribution in [1.82, 2.24) is 5.32 Å². The Morgan fingerprint density at radius 2 is 1.65 bits per heavy atom. The van der Waals surface area contributed by atoms with Gasteiger partial charge >= 0.3 is 0 Å². The van der Waals surface area contributed by atoms with Crippen LogP contribution in [0.3, 0.4) is 0 Å². The number of nitrogens with one attached hydrogen (secondary N) is 1. The number of carbonyl (C=O) groups is 1. The summed E-state index contributed by atoms with van der Waals surface area (Å²) in [7, 11) is 1.70. The molecule has 0 saturated heterocycles. The van der Waals surface area contributed by atoms with Crippen LogP contribution in [0.2, 0.25) is 0 Å². The van der Waals surface area contributed by atoms with Crippen LogP contribution in [0.4, 0.5) is 0 Å². The molecule has 1 aromatic carbocycles. The van der Waals surface area contributed by atoms with Crippen LogP contribution in [-0.2, 0) is 15.7 Å². The van der Waals surface area contributed by atoms with Crippen molar-refractivity contribution in [2.24, 2.45) is 5.73 Å². The molecule has 0 atom stereocenters. The molecule has 3 rings (SSSR count). The van der Waals surface area contributed by atoms with Gasteiger partial charge in [0.05, 0.1) is 5.41 Å². The summed E-state index contributed by atoms with van der Waals surface area (Å²) in [6.07, 6.45) is 4.07. The second-order valence-corrected chi connectivity index (χ2v) is 5.39. The number of hydrogen-bond donors (Lipinski definition) is 2. The molecule has 0 aromatic heterocycles. The first-order valence-electron chi connectivity index (χ1n) is 6.23. The molecule has 0 heterocycles. The van der Waals surface area contributed by atoms with Crippen LogP contribution in [0.25, 0.3) is 0 Å². The summed E-state index contributed by atoms with van der Waals surface area (Å²) in [5.74, 6) is 0.138. The van der Waals surface area contributed by atoms with E-state index in [1.54, 1.807) is 7.05 Å². The molecule has 0 radical (unpaired) electrons. The molecule has 0 bridgehead atoms. The average Bonchev–Trinajstić information content (AvgIpc) is 3.25. The average molecular weight is 230 g/mol. The van der Waals surface area contributed by atoms with E-state index in [-0.39, 0.29) is 16.9 Å². The van der Waals surface area contributed by atoms with E-state index in [0.717, 1.165) is 31.2 Å². The Labute approximate surface area is 101 Å². The van der Waals surface area contributed by atoms with Crippen molar-refractivity contribution < 1.29 is 4.79 Å². The zero-order chi connectivity index (χ0) is 12.1. The summed E-state index contributed by atoms with van der Waals surface area (Å²) in [6.45, 7) is 0. The highest BCUT2D eigenvalue weighted by Crippen LogP contribution is 2.49. The van der Waals surface area contributed by atoms with E-state index in [0.29, 0.717) is 0 Å². The minimum absolute atomic E-state index is 0.0811. The van der Waals surface area contributed by atoms with Crippen molar-refractivity contribution in [1.29, 1.82) is 0 Å². The fourth-order valence-electron chi connectivity index (χ4n) is 2.56. The molecule has 3 nitrogen and oxygen atoms in total. The Balaban J connectivity index is 1.88. The molecule has 2 aliphatic rings. The molecule has 2 aliphatic carbocycles. The fraction of sp³-hybridized carbons (Fsp3) is 0.500. The van der Waals surface area contributed by atoms with E-state index in [1.807, 2.05) is 0 Å². The van der Waals surface area contributed by atoms with Gasteiger partial charge in [0, 0.05) is 12.6 Å². The van der Waals surface area contributed by atoms with Crippen molar-refractivity contribution in [2.75, 3.05) is 7.05 Å². The van der Waals surface area contributed by atoms with Crippen LogP contribution in [0.15, 0.2) is 24.3 Å². The largest absolute Gasteiger partial charge is 0.358 e. The summed E-state index contributed by atoms with van der Waals surface area (Å²) < 4.78 is 0. The first-order chi connectivity index (χ1) is 8.11. The maximum Gasteiger partial charge on any atom is 0.230 e. The third-order valence-corrected chi connectivity index (χ3v) is 4.21. The van der Waals surface area contributed by atoms with E-state index in [4.69, 9.17) is 5.73 Å². The highest BCUT2D eigenvalue weighted by Gasteiger charge is 2.51. The summed E-state index contributed by atoms with van der Waals surface area (Å²) in [6, 6.07) is 8.33. The molecule has 1 aromatic rings. The standard InChI is InChI=1S/C14H18N2O/c1-16-12(17)13(6-7-13)10-2-4-11(5-3-10)14(15)8-9-14/h2-5H,6-9,15H2,1H3,(H,16,17). The summed E-state index contributed by atoms with van der Waals surface area (Å²) in [4.78, 5) is 11.9. The highest BCUT2D eigenvalue weighted by molar-refractivity contribution is 5.91. The Hall–Kier alpha value is -1.35. The second kappa shape index (κ2) is 3.33. The van der Waals surface area contributed by atoms with Gasteiger partial charge in [-0.05, 0) is 36.8 Å². The molecule has 3 heteroatoms. The lowest BCUT2D eigenvalue weighted by Gasteiger charge is -2.16. The lowest BCUT2D eigenvalue weighted by molar-refractivity contribution is -0.123. The van der Waals surface area contributed by atoms with Crippen LogP contribution < -0.4 is 11.1 Å². The number of benzene rings is 1. The lowest BCUT2D eigenvalue weighted by atomic mass is 9.92. The van der Waals surface area contributed by atoms with E-state index >= 15 is 0 Å². The Kier molecular flexibility index (Phi) is 2.11. The zero-order valence-electron chi connectivity index (χ0n) is 10.1. The quantitative estimate of drug-likeness (QED) is 0.825. The van der Waals surface area contributed by atoms with Crippen molar-refractivity contribution in [2.45, 2.75) is 36.6 Å². The number of amides is 1. The number of rotatable bonds is 3. The molecule has 2 fully saturated rings. The van der Waals surface area contributed by atoms with Crippen LogP contribution in [0.1, 0.15) is 36.8 Å². The molecule has 0 unspecified atom stereocenters. The Morgan fingerprint density at radius 1 is 1.12 bits per heavy atom. The zero-order valence-corrected chi connectivity index (χ0v) is 10.1. The van der Waals surface area contributed by atoms with E-state index < -0.39 is 0 Å². The topological polar surface area (TPSA) is 55.1 Å². The third kappa shape index (κ3) is 1.57.